The average Bonchev–Trinajstić information content (AvgIpc) is 2.67. The van der Waals surface area contributed by atoms with Crippen molar-refractivity contribution in [2.45, 2.75) is 32.6 Å². The van der Waals surface area contributed by atoms with Gasteiger partial charge in [-0.25, -0.2) is 0 Å². The number of rotatable bonds is 12. The number of β-amino-alcohol motifs (C(OH)–C–C–N with tert-alkyl or cyclic N) is 1. The molecular formula is C20H34N2O4S. The number of ether oxygens (including phenoxy) is 3. The first-order chi connectivity index (χ1) is 13.1. The lowest BCUT2D eigenvalue weighted by Crippen LogP contribution is -2.40. The van der Waals surface area contributed by atoms with E-state index in [1.807, 2.05) is 43.8 Å². The number of thioether (sulfide) groups is 1. The minimum Gasteiger partial charge on any atom is -0.493 e. The molecule has 0 aromatic heterocycles. The fraction of sp³-hybridized carbons (Fsp3) is 0.700. The van der Waals surface area contributed by atoms with E-state index in [2.05, 4.69) is 10.2 Å². The predicted molar refractivity (Wildman–Crippen MR) is 111 cm³/mol. The largest absolute Gasteiger partial charge is 0.493 e. The summed E-state index contributed by atoms with van der Waals surface area (Å²) in [6.45, 7) is 9.31. The van der Waals surface area contributed by atoms with Crippen LogP contribution in [0.15, 0.2) is 18.2 Å². The van der Waals surface area contributed by atoms with Gasteiger partial charge in [0.15, 0.2) is 11.5 Å². The highest BCUT2D eigenvalue weighted by Crippen LogP contribution is 2.28. The monoisotopic (exact) mass is 398 g/mol. The van der Waals surface area contributed by atoms with Crippen LogP contribution in [0, 0.1) is 0 Å². The molecule has 1 fully saturated rings. The number of benzene rings is 1. The molecule has 1 atom stereocenters. The summed E-state index contributed by atoms with van der Waals surface area (Å²) in [4.78, 5) is 2.29. The van der Waals surface area contributed by atoms with Crippen molar-refractivity contribution >= 4 is 11.8 Å². The first-order valence-corrected chi connectivity index (χ1v) is 10.8. The van der Waals surface area contributed by atoms with Gasteiger partial charge in [0, 0.05) is 44.2 Å². The molecular weight excluding hydrogens is 364 g/mol. The molecule has 1 aromatic carbocycles. The fourth-order valence-electron chi connectivity index (χ4n) is 2.86. The van der Waals surface area contributed by atoms with Crippen LogP contribution in [-0.4, -0.2) is 80.2 Å². The van der Waals surface area contributed by atoms with Gasteiger partial charge in [0.05, 0.1) is 19.8 Å². The Hall–Kier alpha value is -0.990. The van der Waals surface area contributed by atoms with Crippen molar-refractivity contribution in [3.8, 4) is 11.5 Å². The van der Waals surface area contributed by atoms with Gasteiger partial charge in [-0.1, -0.05) is 6.07 Å². The van der Waals surface area contributed by atoms with Gasteiger partial charge < -0.3 is 24.6 Å². The molecule has 0 unspecified atom stereocenters. The lowest BCUT2D eigenvalue weighted by molar-refractivity contribution is 0.0705. The Labute approximate surface area is 167 Å². The molecule has 0 saturated carbocycles. The van der Waals surface area contributed by atoms with E-state index < -0.39 is 6.10 Å². The molecule has 27 heavy (non-hydrogen) atoms. The third-order valence-corrected chi connectivity index (χ3v) is 5.23. The van der Waals surface area contributed by atoms with Crippen molar-refractivity contribution in [3.63, 3.8) is 0 Å². The third-order valence-electron chi connectivity index (χ3n) is 4.29. The molecule has 0 amide bonds. The zero-order chi connectivity index (χ0) is 19.5. The summed E-state index contributed by atoms with van der Waals surface area (Å²) in [6.07, 6.45) is -0.243. The number of methoxy groups -OCH3 is 1. The maximum atomic E-state index is 10.3. The van der Waals surface area contributed by atoms with Crippen molar-refractivity contribution in [2.24, 2.45) is 0 Å². The van der Waals surface area contributed by atoms with Gasteiger partial charge in [0.2, 0.25) is 0 Å². The molecule has 1 aromatic rings. The Bertz CT molecular complexity index is 539. The van der Waals surface area contributed by atoms with Gasteiger partial charge in [-0.05, 0) is 31.5 Å². The Kier molecular flexibility index (Phi) is 10.3. The van der Waals surface area contributed by atoms with Crippen LogP contribution in [0.3, 0.4) is 0 Å². The van der Waals surface area contributed by atoms with Crippen LogP contribution >= 0.6 is 11.8 Å². The van der Waals surface area contributed by atoms with E-state index in [0.29, 0.717) is 24.7 Å². The van der Waals surface area contributed by atoms with Crippen molar-refractivity contribution in [3.05, 3.63) is 23.8 Å². The van der Waals surface area contributed by atoms with Crippen LogP contribution in [0.25, 0.3) is 0 Å². The van der Waals surface area contributed by atoms with Gasteiger partial charge in [0.1, 0.15) is 12.7 Å². The van der Waals surface area contributed by atoms with Crippen molar-refractivity contribution in [2.75, 3.05) is 58.0 Å². The number of hydrogen-bond donors (Lipinski definition) is 2. The predicted octanol–water partition coefficient (Wildman–Crippen LogP) is 2.00. The third kappa shape index (κ3) is 8.70. The normalized spacial score (nSPS) is 16.5. The molecule has 0 aliphatic carbocycles. The zero-order valence-electron chi connectivity index (χ0n) is 16.8. The first kappa shape index (κ1) is 22.3. The second-order valence-corrected chi connectivity index (χ2v) is 8.18. The lowest BCUT2D eigenvalue weighted by Gasteiger charge is -2.28. The Morgan fingerprint density at radius 2 is 2.00 bits per heavy atom. The lowest BCUT2D eigenvalue weighted by atomic mass is 10.2. The van der Waals surface area contributed by atoms with Gasteiger partial charge in [-0.15, -0.1) is 0 Å². The van der Waals surface area contributed by atoms with Crippen LogP contribution in [0.1, 0.15) is 19.4 Å². The summed E-state index contributed by atoms with van der Waals surface area (Å²) < 4.78 is 16.8. The van der Waals surface area contributed by atoms with Crippen molar-refractivity contribution in [1.82, 2.24) is 10.2 Å². The fourth-order valence-corrected chi connectivity index (χ4v) is 3.84. The molecule has 2 N–H and O–H groups in total. The number of hydrogen-bond acceptors (Lipinski definition) is 7. The summed E-state index contributed by atoms with van der Waals surface area (Å²) in [7, 11) is 1.64. The SMILES string of the molecule is COc1cc(CNCCOC(C)C)ccc1OC[C@@H](O)CN1CCSCC1. The topological polar surface area (TPSA) is 63.2 Å². The van der Waals surface area contributed by atoms with Crippen LogP contribution < -0.4 is 14.8 Å². The van der Waals surface area contributed by atoms with Gasteiger partial charge in [-0.2, -0.15) is 11.8 Å². The summed E-state index contributed by atoms with van der Waals surface area (Å²) in [5.74, 6) is 3.63. The second kappa shape index (κ2) is 12.5. The Balaban J connectivity index is 1.75. The number of nitrogens with zero attached hydrogens (tertiary/aromatic N) is 1. The van der Waals surface area contributed by atoms with E-state index in [1.54, 1.807) is 7.11 Å². The van der Waals surface area contributed by atoms with E-state index in [0.717, 1.165) is 43.2 Å². The molecule has 6 nitrogen and oxygen atoms in total. The zero-order valence-corrected chi connectivity index (χ0v) is 17.6. The molecule has 0 bridgehead atoms. The van der Waals surface area contributed by atoms with Crippen LogP contribution in [0.4, 0.5) is 0 Å². The van der Waals surface area contributed by atoms with E-state index in [-0.39, 0.29) is 12.7 Å². The van der Waals surface area contributed by atoms with Crippen molar-refractivity contribution in [1.29, 1.82) is 0 Å². The standard InChI is InChI=1S/C20H34N2O4S/c1-16(2)25-9-6-21-13-17-4-5-19(20(12-17)24-3)26-15-18(23)14-22-7-10-27-11-8-22/h4-5,12,16,18,21,23H,6-11,13-15H2,1-3H3/t18-/m0/s1. The summed E-state index contributed by atoms with van der Waals surface area (Å²) >= 11 is 1.97. The first-order valence-electron chi connectivity index (χ1n) is 9.68. The highest BCUT2D eigenvalue weighted by atomic mass is 32.2. The molecule has 1 heterocycles. The van der Waals surface area contributed by atoms with E-state index in [9.17, 15) is 5.11 Å². The molecule has 2 rings (SSSR count). The molecule has 1 aliphatic rings. The van der Waals surface area contributed by atoms with Gasteiger partial charge in [0.25, 0.3) is 0 Å². The average molecular weight is 399 g/mol. The quantitative estimate of drug-likeness (QED) is 0.522. The highest BCUT2D eigenvalue weighted by molar-refractivity contribution is 7.99. The van der Waals surface area contributed by atoms with Crippen molar-refractivity contribution < 1.29 is 19.3 Å². The maximum Gasteiger partial charge on any atom is 0.161 e. The van der Waals surface area contributed by atoms with Crippen LogP contribution in [0.2, 0.25) is 0 Å². The van der Waals surface area contributed by atoms with Crippen LogP contribution in [-0.2, 0) is 11.3 Å². The van der Waals surface area contributed by atoms with E-state index in [1.165, 1.54) is 0 Å². The smallest absolute Gasteiger partial charge is 0.161 e. The molecule has 1 saturated heterocycles. The molecule has 0 spiro atoms. The van der Waals surface area contributed by atoms with Crippen LogP contribution in [0.5, 0.6) is 11.5 Å². The Morgan fingerprint density at radius 1 is 1.22 bits per heavy atom. The van der Waals surface area contributed by atoms with E-state index in [4.69, 9.17) is 14.2 Å². The summed E-state index contributed by atoms with van der Waals surface area (Å²) in [5.41, 5.74) is 1.12. The minimum atomic E-state index is -0.500. The molecule has 1 aliphatic heterocycles. The van der Waals surface area contributed by atoms with Gasteiger partial charge >= 0.3 is 0 Å². The maximum absolute atomic E-state index is 10.3. The number of nitrogens with one attached hydrogen (secondary N) is 1. The second-order valence-electron chi connectivity index (χ2n) is 6.96. The Morgan fingerprint density at radius 3 is 2.70 bits per heavy atom. The summed E-state index contributed by atoms with van der Waals surface area (Å²) in [6, 6.07) is 5.90. The molecule has 154 valence electrons. The number of aliphatic hydroxyl groups excluding tert-OH is 1. The summed E-state index contributed by atoms with van der Waals surface area (Å²) in [5, 5.41) is 13.6. The minimum absolute atomic E-state index is 0.257. The molecule has 0 radical (unpaired) electrons. The van der Waals surface area contributed by atoms with Gasteiger partial charge in [-0.3, -0.25) is 4.90 Å². The van der Waals surface area contributed by atoms with E-state index >= 15 is 0 Å². The number of aliphatic hydroxyl groups is 1. The highest BCUT2D eigenvalue weighted by Gasteiger charge is 2.16. The molecule has 7 heteroatoms.